The second kappa shape index (κ2) is 8.20. The lowest BCUT2D eigenvalue weighted by Gasteiger charge is -2.35. The molecule has 23 heavy (non-hydrogen) atoms. The van der Waals surface area contributed by atoms with Gasteiger partial charge >= 0.3 is 0 Å². The Labute approximate surface area is 138 Å². The molecule has 2 aromatic rings. The molecule has 1 atom stereocenters. The Morgan fingerprint density at radius 1 is 0.913 bits per heavy atom. The largest absolute Gasteiger partial charge is 0.387 e. The van der Waals surface area contributed by atoms with Crippen molar-refractivity contribution in [3.63, 3.8) is 0 Å². The number of hydrogen-bond acceptors (Lipinski definition) is 4. The molecule has 1 aromatic heterocycles. The minimum atomic E-state index is -0.389. The van der Waals surface area contributed by atoms with Gasteiger partial charge in [-0.1, -0.05) is 30.3 Å². The number of aliphatic hydroxyl groups excluding tert-OH is 1. The molecule has 1 fully saturated rings. The number of pyridine rings is 1. The van der Waals surface area contributed by atoms with Gasteiger partial charge in [0.25, 0.3) is 0 Å². The summed E-state index contributed by atoms with van der Waals surface area (Å²) in [6, 6.07) is 14.1. The molecule has 0 saturated carbocycles. The lowest BCUT2D eigenvalue weighted by Crippen LogP contribution is -2.47. The number of hydrogen-bond donors (Lipinski definition) is 1. The average molecular weight is 311 g/mol. The van der Waals surface area contributed by atoms with E-state index in [1.165, 1.54) is 5.56 Å². The van der Waals surface area contributed by atoms with Crippen LogP contribution in [0.25, 0.3) is 0 Å². The summed E-state index contributed by atoms with van der Waals surface area (Å²) in [4.78, 5) is 8.93. The van der Waals surface area contributed by atoms with E-state index in [1.807, 2.05) is 42.7 Å². The second-order valence-corrected chi connectivity index (χ2v) is 6.17. The zero-order chi connectivity index (χ0) is 15.9. The van der Waals surface area contributed by atoms with E-state index in [1.54, 1.807) is 0 Å². The van der Waals surface area contributed by atoms with Gasteiger partial charge in [0.05, 0.1) is 6.10 Å². The first-order valence-corrected chi connectivity index (χ1v) is 8.38. The molecule has 1 aliphatic heterocycles. The molecule has 0 bridgehead atoms. The topological polar surface area (TPSA) is 39.6 Å². The van der Waals surface area contributed by atoms with Crippen LogP contribution in [0, 0.1) is 0 Å². The first kappa shape index (κ1) is 16.1. The van der Waals surface area contributed by atoms with Gasteiger partial charge in [-0.05, 0) is 29.7 Å². The van der Waals surface area contributed by atoms with Crippen molar-refractivity contribution in [2.45, 2.75) is 12.5 Å². The Balaban J connectivity index is 1.40. The molecule has 1 aliphatic rings. The maximum atomic E-state index is 10.3. The Kier molecular flexibility index (Phi) is 5.75. The number of aromatic nitrogens is 1. The molecule has 0 unspecified atom stereocenters. The van der Waals surface area contributed by atoms with Gasteiger partial charge in [0.1, 0.15) is 0 Å². The molecule has 0 aliphatic carbocycles. The van der Waals surface area contributed by atoms with Gasteiger partial charge in [-0.3, -0.25) is 9.88 Å². The van der Waals surface area contributed by atoms with E-state index in [9.17, 15) is 5.11 Å². The predicted octanol–water partition coefficient (Wildman–Crippen LogP) is 1.98. The Bertz CT molecular complexity index is 568. The highest BCUT2D eigenvalue weighted by Gasteiger charge is 2.19. The lowest BCUT2D eigenvalue weighted by atomic mass is 10.1. The number of piperazine rings is 1. The fraction of sp³-hybridized carbons (Fsp3) is 0.421. The van der Waals surface area contributed by atoms with Crippen molar-refractivity contribution < 1.29 is 5.11 Å². The Hall–Kier alpha value is -1.75. The van der Waals surface area contributed by atoms with Gasteiger partial charge in [-0.2, -0.15) is 0 Å². The normalized spacial score (nSPS) is 18.0. The van der Waals surface area contributed by atoms with E-state index in [2.05, 4.69) is 26.9 Å². The van der Waals surface area contributed by atoms with Gasteiger partial charge in [0.2, 0.25) is 0 Å². The molecule has 1 saturated heterocycles. The fourth-order valence-corrected chi connectivity index (χ4v) is 3.06. The van der Waals surface area contributed by atoms with E-state index in [0.29, 0.717) is 0 Å². The van der Waals surface area contributed by atoms with Crippen molar-refractivity contribution in [2.75, 3.05) is 39.3 Å². The van der Waals surface area contributed by atoms with Crippen LogP contribution < -0.4 is 0 Å². The highest BCUT2D eigenvalue weighted by atomic mass is 16.3. The third-order valence-corrected chi connectivity index (χ3v) is 4.55. The minimum Gasteiger partial charge on any atom is -0.387 e. The van der Waals surface area contributed by atoms with Crippen molar-refractivity contribution in [3.05, 3.63) is 66.0 Å². The molecule has 4 heteroatoms. The van der Waals surface area contributed by atoms with Gasteiger partial charge < -0.3 is 10.0 Å². The fourth-order valence-electron chi connectivity index (χ4n) is 3.06. The van der Waals surface area contributed by atoms with E-state index >= 15 is 0 Å². The van der Waals surface area contributed by atoms with Crippen molar-refractivity contribution >= 4 is 0 Å². The van der Waals surface area contributed by atoms with E-state index < -0.39 is 0 Å². The molecule has 0 radical (unpaired) electrons. The average Bonchev–Trinajstić information content (AvgIpc) is 2.63. The highest BCUT2D eigenvalue weighted by Crippen LogP contribution is 2.15. The molecule has 4 nitrogen and oxygen atoms in total. The van der Waals surface area contributed by atoms with Crippen molar-refractivity contribution in [1.82, 2.24) is 14.8 Å². The summed E-state index contributed by atoms with van der Waals surface area (Å²) in [6.45, 7) is 6.03. The zero-order valence-corrected chi connectivity index (χ0v) is 13.5. The smallest absolute Gasteiger partial charge is 0.0916 e. The molecule has 0 spiro atoms. The maximum Gasteiger partial charge on any atom is 0.0916 e. The van der Waals surface area contributed by atoms with E-state index in [-0.39, 0.29) is 6.10 Å². The number of benzene rings is 1. The highest BCUT2D eigenvalue weighted by molar-refractivity contribution is 5.17. The summed E-state index contributed by atoms with van der Waals surface area (Å²) in [6.07, 6.45) is 4.41. The number of nitrogens with zero attached hydrogens (tertiary/aromatic N) is 3. The first-order valence-electron chi connectivity index (χ1n) is 8.38. The molecule has 3 rings (SSSR count). The van der Waals surface area contributed by atoms with Crippen LogP contribution in [-0.4, -0.2) is 59.2 Å². The van der Waals surface area contributed by atoms with Crippen LogP contribution in [0.2, 0.25) is 0 Å². The van der Waals surface area contributed by atoms with E-state index in [0.717, 1.165) is 51.3 Å². The second-order valence-electron chi connectivity index (χ2n) is 6.17. The SMILES string of the molecule is O[C@H](CN1CCN(CCc2ccncc2)CC1)c1ccccc1. The monoisotopic (exact) mass is 311 g/mol. The number of β-amino-alcohol motifs (C(OH)–C–C–N with tert-alkyl or cyclic N) is 1. The number of rotatable bonds is 6. The molecule has 0 amide bonds. The summed E-state index contributed by atoms with van der Waals surface area (Å²) >= 11 is 0. The van der Waals surface area contributed by atoms with Crippen LogP contribution >= 0.6 is 0 Å². The maximum absolute atomic E-state index is 10.3. The summed E-state index contributed by atoms with van der Waals surface area (Å²) in [5.41, 5.74) is 2.36. The minimum absolute atomic E-state index is 0.389. The molecule has 1 N–H and O–H groups in total. The molecular weight excluding hydrogens is 286 g/mol. The van der Waals surface area contributed by atoms with Crippen LogP contribution in [0.5, 0.6) is 0 Å². The van der Waals surface area contributed by atoms with Crippen molar-refractivity contribution in [1.29, 1.82) is 0 Å². The van der Waals surface area contributed by atoms with Crippen LogP contribution in [0.15, 0.2) is 54.9 Å². The van der Waals surface area contributed by atoms with Gasteiger partial charge in [-0.15, -0.1) is 0 Å². The summed E-state index contributed by atoms with van der Waals surface area (Å²) in [7, 11) is 0. The van der Waals surface area contributed by atoms with Crippen LogP contribution in [0.1, 0.15) is 17.2 Å². The third kappa shape index (κ3) is 4.86. The molecule has 122 valence electrons. The quantitative estimate of drug-likeness (QED) is 0.885. The summed E-state index contributed by atoms with van der Waals surface area (Å²) in [5.74, 6) is 0. The standard InChI is InChI=1S/C19H25N3O/c23-19(18-4-2-1-3-5-18)16-22-14-12-21(13-15-22)11-8-17-6-9-20-10-7-17/h1-7,9-10,19,23H,8,11-16H2/t19-/m1/s1. The lowest BCUT2D eigenvalue weighted by molar-refractivity contribution is 0.0730. The van der Waals surface area contributed by atoms with Gasteiger partial charge in [0, 0.05) is 51.7 Å². The summed E-state index contributed by atoms with van der Waals surface area (Å²) < 4.78 is 0. The molecule has 1 aromatic carbocycles. The number of aliphatic hydroxyl groups is 1. The molecular formula is C19H25N3O. The summed E-state index contributed by atoms with van der Waals surface area (Å²) in [5, 5.41) is 10.3. The third-order valence-electron chi connectivity index (χ3n) is 4.55. The van der Waals surface area contributed by atoms with Crippen LogP contribution in [0.3, 0.4) is 0 Å². The van der Waals surface area contributed by atoms with Gasteiger partial charge in [-0.25, -0.2) is 0 Å². The Morgan fingerprint density at radius 3 is 2.26 bits per heavy atom. The van der Waals surface area contributed by atoms with Gasteiger partial charge in [0.15, 0.2) is 0 Å². The predicted molar refractivity (Wildman–Crippen MR) is 92.2 cm³/mol. The van der Waals surface area contributed by atoms with Crippen molar-refractivity contribution in [2.24, 2.45) is 0 Å². The van der Waals surface area contributed by atoms with Crippen LogP contribution in [-0.2, 0) is 6.42 Å². The van der Waals surface area contributed by atoms with E-state index in [4.69, 9.17) is 0 Å². The van der Waals surface area contributed by atoms with Crippen molar-refractivity contribution in [3.8, 4) is 0 Å². The zero-order valence-electron chi connectivity index (χ0n) is 13.5. The van der Waals surface area contributed by atoms with Crippen LogP contribution in [0.4, 0.5) is 0 Å². The molecule has 2 heterocycles. The Morgan fingerprint density at radius 2 is 1.57 bits per heavy atom. The first-order chi connectivity index (χ1) is 11.3.